The molecule has 1 amide bonds. The van der Waals surface area contributed by atoms with Crippen LogP contribution in [-0.2, 0) is 20.9 Å². The van der Waals surface area contributed by atoms with Gasteiger partial charge in [-0.2, -0.15) is 0 Å². The molecule has 3 aromatic rings. The van der Waals surface area contributed by atoms with E-state index in [4.69, 9.17) is 9.47 Å². The van der Waals surface area contributed by atoms with Gasteiger partial charge in [-0.3, -0.25) is 9.69 Å². The van der Waals surface area contributed by atoms with Gasteiger partial charge in [-0.1, -0.05) is 54.6 Å². The van der Waals surface area contributed by atoms with E-state index in [1.807, 2.05) is 86.6 Å². The molecule has 3 aromatic carbocycles. The Morgan fingerprint density at radius 1 is 0.912 bits per heavy atom. The van der Waals surface area contributed by atoms with E-state index in [0.29, 0.717) is 23.6 Å². The Labute approximate surface area is 199 Å². The van der Waals surface area contributed by atoms with Crippen molar-refractivity contribution in [2.75, 3.05) is 12.0 Å². The van der Waals surface area contributed by atoms with Gasteiger partial charge in [0.25, 0.3) is 5.91 Å². The van der Waals surface area contributed by atoms with E-state index in [-0.39, 0.29) is 17.1 Å². The Kier molecular flexibility index (Phi) is 6.64. The molecule has 5 nitrogen and oxygen atoms in total. The van der Waals surface area contributed by atoms with Gasteiger partial charge in [0.1, 0.15) is 12.4 Å². The lowest BCUT2D eigenvalue weighted by Gasteiger charge is -2.19. The minimum Gasteiger partial charge on any atom is -0.488 e. The van der Waals surface area contributed by atoms with Crippen molar-refractivity contribution in [3.8, 4) is 5.75 Å². The maximum absolute atomic E-state index is 13.6. The highest BCUT2D eigenvalue weighted by atomic mass is 16.5. The topological polar surface area (TPSA) is 55.8 Å². The van der Waals surface area contributed by atoms with Gasteiger partial charge in [0.15, 0.2) is 0 Å². The lowest BCUT2D eigenvalue weighted by atomic mass is 10.0. The average molecular weight is 454 g/mol. The van der Waals surface area contributed by atoms with E-state index in [1.165, 1.54) is 7.11 Å². The fourth-order valence-electron chi connectivity index (χ4n) is 4.19. The Balaban J connectivity index is 1.75. The van der Waals surface area contributed by atoms with E-state index >= 15 is 0 Å². The fraction of sp³-hybridized carbons (Fsp3) is 0.172. The predicted octanol–water partition coefficient (Wildman–Crippen LogP) is 5.76. The van der Waals surface area contributed by atoms with E-state index in [0.717, 1.165) is 22.4 Å². The quantitative estimate of drug-likeness (QED) is 0.352. The van der Waals surface area contributed by atoms with Crippen LogP contribution in [0, 0.1) is 13.8 Å². The number of esters is 1. The van der Waals surface area contributed by atoms with Crippen LogP contribution in [0.5, 0.6) is 5.75 Å². The third-order valence-corrected chi connectivity index (χ3v) is 5.71. The molecule has 0 atom stereocenters. The lowest BCUT2D eigenvalue weighted by molar-refractivity contribution is -0.136. The summed E-state index contributed by atoms with van der Waals surface area (Å²) in [6.07, 6.45) is 1.71. The van der Waals surface area contributed by atoms with Crippen LogP contribution < -0.4 is 9.64 Å². The van der Waals surface area contributed by atoms with Gasteiger partial charge >= 0.3 is 5.97 Å². The Morgan fingerprint density at radius 2 is 1.56 bits per heavy atom. The van der Waals surface area contributed by atoms with E-state index in [1.54, 1.807) is 17.9 Å². The molecular weight excluding hydrogens is 426 g/mol. The highest BCUT2D eigenvalue weighted by Crippen LogP contribution is 2.37. The third-order valence-electron chi connectivity index (χ3n) is 5.71. The van der Waals surface area contributed by atoms with Gasteiger partial charge in [0.05, 0.1) is 18.3 Å². The van der Waals surface area contributed by atoms with Gasteiger partial charge in [-0.25, -0.2) is 4.79 Å². The lowest BCUT2D eigenvalue weighted by Crippen LogP contribution is -2.24. The molecule has 0 saturated carbocycles. The first-order valence-electron chi connectivity index (χ1n) is 11.1. The van der Waals surface area contributed by atoms with Crippen LogP contribution in [0.2, 0.25) is 0 Å². The summed E-state index contributed by atoms with van der Waals surface area (Å²) in [7, 11) is 1.32. The van der Waals surface area contributed by atoms with E-state index in [2.05, 4.69) is 0 Å². The molecule has 0 unspecified atom stereocenters. The molecule has 0 spiro atoms. The SMILES string of the molecule is COC(=O)C1=C(C)N(c2cc(C)cc(C)c2)C(=O)/C1=C\c1ccccc1OCc1ccccc1. The number of anilines is 1. The number of benzene rings is 3. The molecule has 172 valence electrons. The largest absolute Gasteiger partial charge is 0.488 e. The number of rotatable bonds is 6. The Bertz CT molecular complexity index is 1280. The van der Waals surface area contributed by atoms with Crippen LogP contribution in [0.1, 0.15) is 29.2 Å². The smallest absolute Gasteiger partial charge is 0.340 e. The van der Waals surface area contributed by atoms with Crippen molar-refractivity contribution < 1.29 is 19.1 Å². The fourth-order valence-corrected chi connectivity index (χ4v) is 4.19. The number of hydrogen-bond donors (Lipinski definition) is 0. The Morgan fingerprint density at radius 3 is 2.24 bits per heavy atom. The van der Waals surface area contributed by atoms with Crippen molar-refractivity contribution >= 4 is 23.6 Å². The standard InChI is InChI=1S/C29H27NO4/c1-19-14-20(2)16-24(15-19)30-21(3)27(29(32)33-4)25(28(30)31)17-23-12-8-9-13-26(23)34-18-22-10-6-5-7-11-22/h5-17H,18H2,1-4H3/b25-17-. The average Bonchev–Trinajstić information content (AvgIpc) is 3.07. The number of hydrogen-bond acceptors (Lipinski definition) is 4. The van der Waals surface area contributed by atoms with Crippen LogP contribution in [0.15, 0.2) is 89.6 Å². The molecule has 0 fully saturated rings. The highest BCUT2D eigenvalue weighted by molar-refractivity contribution is 6.24. The molecule has 0 saturated heterocycles. The number of ether oxygens (including phenoxy) is 2. The van der Waals surface area contributed by atoms with Gasteiger partial charge in [-0.15, -0.1) is 0 Å². The number of para-hydroxylation sites is 1. The normalized spacial score (nSPS) is 14.6. The molecule has 4 rings (SSSR count). The summed E-state index contributed by atoms with van der Waals surface area (Å²) in [5.74, 6) is -0.203. The van der Waals surface area contributed by atoms with Crippen molar-refractivity contribution in [3.05, 3.63) is 112 Å². The predicted molar refractivity (Wildman–Crippen MR) is 133 cm³/mol. The molecule has 0 radical (unpaired) electrons. The first-order chi connectivity index (χ1) is 16.4. The summed E-state index contributed by atoms with van der Waals surface area (Å²) in [6, 6.07) is 23.2. The number of aryl methyl sites for hydroxylation is 2. The van der Waals surface area contributed by atoms with Gasteiger partial charge in [0.2, 0.25) is 0 Å². The number of allylic oxidation sites excluding steroid dienone is 1. The van der Waals surface area contributed by atoms with Gasteiger partial charge in [-0.05, 0) is 61.7 Å². The summed E-state index contributed by atoms with van der Waals surface area (Å²) in [5.41, 5.74) is 5.60. The van der Waals surface area contributed by atoms with Crippen molar-refractivity contribution in [2.45, 2.75) is 27.4 Å². The molecule has 34 heavy (non-hydrogen) atoms. The minimum absolute atomic E-state index is 0.254. The number of amides is 1. The van der Waals surface area contributed by atoms with Crippen LogP contribution in [0.4, 0.5) is 5.69 Å². The van der Waals surface area contributed by atoms with Crippen LogP contribution in [0.25, 0.3) is 6.08 Å². The van der Waals surface area contributed by atoms with Crippen molar-refractivity contribution in [2.24, 2.45) is 0 Å². The zero-order valence-corrected chi connectivity index (χ0v) is 19.8. The van der Waals surface area contributed by atoms with Gasteiger partial charge < -0.3 is 9.47 Å². The van der Waals surface area contributed by atoms with Crippen LogP contribution in [-0.4, -0.2) is 19.0 Å². The molecule has 0 aromatic heterocycles. The molecule has 1 heterocycles. The molecular formula is C29H27NO4. The number of carbonyl (C=O) groups excluding carboxylic acids is 2. The zero-order chi connectivity index (χ0) is 24.2. The molecule has 0 aliphatic carbocycles. The summed E-state index contributed by atoms with van der Waals surface area (Å²) in [6.45, 7) is 6.12. The number of nitrogens with zero attached hydrogens (tertiary/aromatic N) is 1. The summed E-state index contributed by atoms with van der Waals surface area (Å²) < 4.78 is 11.1. The molecule has 5 heteroatoms. The molecule has 0 N–H and O–H groups in total. The van der Waals surface area contributed by atoms with E-state index in [9.17, 15) is 9.59 Å². The maximum atomic E-state index is 13.6. The number of carbonyl (C=O) groups is 2. The molecule has 1 aliphatic rings. The Hall–Kier alpha value is -4.12. The second-order valence-corrected chi connectivity index (χ2v) is 8.31. The monoisotopic (exact) mass is 453 g/mol. The van der Waals surface area contributed by atoms with Crippen molar-refractivity contribution in [3.63, 3.8) is 0 Å². The van der Waals surface area contributed by atoms with Gasteiger partial charge in [0, 0.05) is 16.9 Å². The van der Waals surface area contributed by atoms with Crippen molar-refractivity contribution in [1.82, 2.24) is 0 Å². The summed E-state index contributed by atoms with van der Waals surface area (Å²) >= 11 is 0. The highest BCUT2D eigenvalue weighted by Gasteiger charge is 2.38. The zero-order valence-electron chi connectivity index (χ0n) is 19.8. The number of methoxy groups -OCH3 is 1. The second kappa shape index (κ2) is 9.79. The van der Waals surface area contributed by atoms with E-state index < -0.39 is 5.97 Å². The molecule has 0 bridgehead atoms. The first kappa shape index (κ1) is 23.1. The molecule has 1 aliphatic heterocycles. The summed E-state index contributed by atoms with van der Waals surface area (Å²) in [4.78, 5) is 28.0. The second-order valence-electron chi connectivity index (χ2n) is 8.31. The maximum Gasteiger partial charge on any atom is 0.340 e. The minimum atomic E-state index is -0.549. The first-order valence-corrected chi connectivity index (χ1v) is 11.1. The summed E-state index contributed by atoms with van der Waals surface area (Å²) in [5, 5.41) is 0. The van der Waals surface area contributed by atoms with Crippen LogP contribution >= 0.6 is 0 Å². The van der Waals surface area contributed by atoms with Crippen molar-refractivity contribution in [1.29, 1.82) is 0 Å². The van der Waals surface area contributed by atoms with Crippen LogP contribution in [0.3, 0.4) is 0 Å². The third kappa shape index (κ3) is 4.64.